The van der Waals surface area contributed by atoms with Crippen LogP contribution in [0.5, 0.6) is 0 Å². The van der Waals surface area contributed by atoms with Crippen LogP contribution in [0.3, 0.4) is 0 Å². The molecule has 1 aromatic carbocycles. The summed E-state index contributed by atoms with van der Waals surface area (Å²) in [6, 6.07) is 9.59. The molecule has 134 valence electrons. The number of piperidine rings is 2. The van der Waals surface area contributed by atoms with E-state index in [9.17, 15) is 13.6 Å². The Labute approximate surface area is 147 Å². The van der Waals surface area contributed by atoms with Gasteiger partial charge in [-0.3, -0.25) is 9.69 Å². The number of benzene rings is 1. The van der Waals surface area contributed by atoms with Gasteiger partial charge in [0, 0.05) is 39.0 Å². The minimum Gasteiger partial charge on any atom is -0.342 e. The summed E-state index contributed by atoms with van der Waals surface area (Å²) in [4.78, 5) is 16.5. The third kappa shape index (κ3) is 4.55. The fourth-order valence-corrected chi connectivity index (χ4v) is 3.66. The lowest BCUT2D eigenvalue weighted by atomic mass is 9.94. The van der Waals surface area contributed by atoms with Crippen molar-refractivity contribution in [2.24, 2.45) is 5.92 Å². The highest BCUT2D eigenvalue weighted by atomic mass is 19.3. The molecular formula is C19H23F2N3O. The highest BCUT2D eigenvalue weighted by Crippen LogP contribution is 2.29. The van der Waals surface area contributed by atoms with Crippen LogP contribution in [0.25, 0.3) is 0 Å². The zero-order chi connectivity index (χ0) is 17.9. The summed E-state index contributed by atoms with van der Waals surface area (Å²) in [5, 5.41) is 8.85. The zero-order valence-electron chi connectivity index (χ0n) is 14.3. The van der Waals surface area contributed by atoms with Crippen molar-refractivity contribution in [3.8, 4) is 6.07 Å². The lowest BCUT2D eigenvalue weighted by molar-refractivity contribution is -0.143. The summed E-state index contributed by atoms with van der Waals surface area (Å²) in [5.74, 6) is -2.69. The van der Waals surface area contributed by atoms with Crippen molar-refractivity contribution in [2.45, 2.75) is 38.2 Å². The normalized spacial score (nSPS) is 23.9. The van der Waals surface area contributed by atoms with Crippen LogP contribution in [-0.4, -0.2) is 47.8 Å². The van der Waals surface area contributed by atoms with E-state index >= 15 is 0 Å². The summed E-state index contributed by atoms with van der Waals surface area (Å²) < 4.78 is 26.6. The molecule has 0 radical (unpaired) electrons. The van der Waals surface area contributed by atoms with Crippen molar-refractivity contribution in [1.29, 1.82) is 5.26 Å². The van der Waals surface area contributed by atoms with Crippen molar-refractivity contribution in [1.82, 2.24) is 9.80 Å². The monoisotopic (exact) mass is 347 g/mol. The first kappa shape index (κ1) is 17.8. The van der Waals surface area contributed by atoms with E-state index in [0.717, 1.165) is 31.5 Å². The van der Waals surface area contributed by atoms with Crippen LogP contribution in [0.2, 0.25) is 0 Å². The zero-order valence-corrected chi connectivity index (χ0v) is 14.3. The molecule has 1 atom stereocenters. The molecule has 2 aliphatic rings. The number of amides is 1. The molecule has 2 aliphatic heterocycles. The van der Waals surface area contributed by atoms with Gasteiger partial charge < -0.3 is 4.90 Å². The van der Waals surface area contributed by atoms with Crippen LogP contribution >= 0.6 is 0 Å². The van der Waals surface area contributed by atoms with Gasteiger partial charge >= 0.3 is 0 Å². The van der Waals surface area contributed by atoms with Crippen LogP contribution in [0.1, 0.15) is 36.8 Å². The number of hydrogen-bond acceptors (Lipinski definition) is 3. The summed E-state index contributed by atoms with van der Waals surface area (Å²) in [6.07, 6.45) is 1.33. The quantitative estimate of drug-likeness (QED) is 0.844. The van der Waals surface area contributed by atoms with Gasteiger partial charge in [-0.15, -0.1) is 0 Å². The second-order valence-corrected chi connectivity index (χ2v) is 7.06. The van der Waals surface area contributed by atoms with Gasteiger partial charge in [0.1, 0.15) is 0 Å². The lowest BCUT2D eigenvalue weighted by Crippen LogP contribution is -2.48. The topological polar surface area (TPSA) is 47.3 Å². The van der Waals surface area contributed by atoms with Gasteiger partial charge in [0.25, 0.3) is 5.92 Å². The van der Waals surface area contributed by atoms with E-state index in [1.165, 1.54) is 0 Å². The van der Waals surface area contributed by atoms with Gasteiger partial charge in [0.05, 0.1) is 17.6 Å². The standard InChI is InChI=1S/C19H23F2N3O/c20-19(21)7-10-24(11-8-19)18(25)17-2-1-9-23(14-17)13-16-5-3-15(12-22)4-6-16/h3-6,17H,1-2,7-11,13-14H2. The number of hydrogen-bond donors (Lipinski definition) is 0. The van der Waals surface area contributed by atoms with Crippen molar-refractivity contribution in [3.05, 3.63) is 35.4 Å². The summed E-state index contributed by atoms with van der Waals surface area (Å²) in [5.41, 5.74) is 1.75. The third-order valence-corrected chi connectivity index (χ3v) is 5.15. The molecule has 0 bridgehead atoms. The SMILES string of the molecule is N#Cc1ccc(CN2CCCC(C(=O)N3CCC(F)(F)CC3)C2)cc1. The molecule has 1 unspecified atom stereocenters. The van der Waals surface area contributed by atoms with Crippen LogP contribution in [-0.2, 0) is 11.3 Å². The van der Waals surface area contributed by atoms with Gasteiger partial charge in [-0.05, 0) is 37.1 Å². The first-order chi connectivity index (χ1) is 12.0. The Hall–Kier alpha value is -2.00. The van der Waals surface area contributed by atoms with E-state index in [-0.39, 0.29) is 37.8 Å². The van der Waals surface area contributed by atoms with E-state index in [2.05, 4.69) is 11.0 Å². The molecule has 2 heterocycles. The first-order valence-electron chi connectivity index (χ1n) is 8.85. The molecule has 1 amide bonds. The maximum absolute atomic E-state index is 13.3. The molecule has 6 heteroatoms. The van der Waals surface area contributed by atoms with E-state index in [0.29, 0.717) is 12.1 Å². The van der Waals surface area contributed by atoms with E-state index in [1.807, 2.05) is 12.1 Å². The van der Waals surface area contributed by atoms with Crippen molar-refractivity contribution < 1.29 is 13.6 Å². The maximum atomic E-state index is 13.3. The molecule has 4 nitrogen and oxygen atoms in total. The molecule has 25 heavy (non-hydrogen) atoms. The predicted molar refractivity (Wildman–Crippen MR) is 89.9 cm³/mol. The number of likely N-dealkylation sites (tertiary alicyclic amines) is 2. The Balaban J connectivity index is 1.55. The smallest absolute Gasteiger partial charge is 0.251 e. The molecule has 2 saturated heterocycles. The minimum atomic E-state index is -2.62. The molecule has 2 fully saturated rings. The fourth-order valence-electron chi connectivity index (χ4n) is 3.66. The molecule has 0 N–H and O–H groups in total. The number of alkyl halides is 2. The Morgan fingerprint density at radius 2 is 1.88 bits per heavy atom. The number of carbonyl (C=O) groups is 1. The Morgan fingerprint density at radius 3 is 2.52 bits per heavy atom. The van der Waals surface area contributed by atoms with Crippen LogP contribution in [0, 0.1) is 17.2 Å². The van der Waals surface area contributed by atoms with Crippen molar-refractivity contribution >= 4 is 5.91 Å². The number of carbonyl (C=O) groups excluding carboxylic acids is 1. The largest absolute Gasteiger partial charge is 0.342 e. The van der Waals surface area contributed by atoms with Crippen LogP contribution in [0.15, 0.2) is 24.3 Å². The van der Waals surface area contributed by atoms with E-state index in [1.54, 1.807) is 17.0 Å². The summed E-state index contributed by atoms with van der Waals surface area (Å²) >= 11 is 0. The predicted octanol–water partition coefficient (Wildman–Crippen LogP) is 3.03. The highest BCUT2D eigenvalue weighted by Gasteiger charge is 2.38. The van der Waals surface area contributed by atoms with Gasteiger partial charge in [0.15, 0.2) is 0 Å². The second kappa shape index (κ2) is 7.49. The van der Waals surface area contributed by atoms with E-state index < -0.39 is 5.92 Å². The number of nitriles is 1. The molecular weight excluding hydrogens is 324 g/mol. The number of rotatable bonds is 3. The van der Waals surface area contributed by atoms with Gasteiger partial charge in [-0.25, -0.2) is 8.78 Å². The maximum Gasteiger partial charge on any atom is 0.251 e. The lowest BCUT2D eigenvalue weighted by Gasteiger charge is -2.37. The van der Waals surface area contributed by atoms with Gasteiger partial charge in [-0.2, -0.15) is 5.26 Å². The van der Waals surface area contributed by atoms with Gasteiger partial charge in [-0.1, -0.05) is 12.1 Å². The molecule has 3 rings (SSSR count). The minimum absolute atomic E-state index is 0.0278. The third-order valence-electron chi connectivity index (χ3n) is 5.15. The molecule has 0 saturated carbocycles. The fraction of sp³-hybridized carbons (Fsp3) is 0.579. The Bertz CT molecular complexity index is 644. The van der Waals surface area contributed by atoms with Crippen molar-refractivity contribution in [2.75, 3.05) is 26.2 Å². The molecule has 1 aromatic rings. The molecule has 0 spiro atoms. The van der Waals surface area contributed by atoms with Crippen molar-refractivity contribution in [3.63, 3.8) is 0 Å². The van der Waals surface area contributed by atoms with Gasteiger partial charge in [0.2, 0.25) is 5.91 Å². The highest BCUT2D eigenvalue weighted by molar-refractivity contribution is 5.79. The average molecular weight is 347 g/mol. The summed E-state index contributed by atoms with van der Waals surface area (Å²) in [7, 11) is 0. The number of halogens is 2. The van der Waals surface area contributed by atoms with Crippen LogP contribution in [0.4, 0.5) is 8.78 Å². The molecule has 0 aliphatic carbocycles. The Morgan fingerprint density at radius 1 is 1.20 bits per heavy atom. The van der Waals surface area contributed by atoms with E-state index in [4.69, 9.17) is 5.26 Å². The second-order valence-electron chi connectivity index (χ2n) is 7.06. The molecule has 0 aromatic heterocycles. The summed E-state index contributed by atoms with van der Waals surface area (Å²) in [6.45, 7) is 2.68. The Kier molecular flexibility index (Phi) is 5.33. The first-order valence-corrected chi connectivity index (χ1v) is 8.85. The van der Waals surface area contributed by atoms with Crippen LogP contribution < -0.4 is 0 Å². The number of nitrogens with zero attached hydrogens (tertiary/aromatic N) is 3. The average Bonchev–Trinajstić information content (AvgIpc) is 2.62.